The summed E-state index contributed by atoms with van der Waals surface area (Å²) in [5.41, 5.74) is 0.772. The van der Waals surface area contributed by atoms with E-state index in [1.165, 1.54) is 12.3 Å². The maximum atomic E-state index is 12.6. The lowest BCUT2D eigenvalue weighted by Gasteiger charge is -2.34. The van der Waals surface area contributed by atoms with Crippen molar-refractivity contribution in [2.24, 2.45) is 0 Å². The number of hydrogen-bond acceptors (Lipinski definition) is 6. The molecule has 0 N–H and O–H groups in total. The van der Waals surface area contributed by atoms with Gasteiger partial charge in [0.15, 0.2) is 5.76 Å². The predicted octanol–water partition coefficient (Wildman–Crippen LogP) is 2.14. The largest absolute Gasteiger partial charge is 0.461 e. The van der Waals surface area contributed by atoms with Crippen LogP contribution in [0.2, 0.25) is 0 Å². The van der Waals surface area contributed by atoms with Crippen LogP contribution in [-0.4, -0.2) is 59.1 Å². The van der Waals surface area contributed by atoms with Crippen LogP contribution in [0.5, 0.6) is 0 Å². The summed E-state index contributed by atoms with van der Waals surface area (Å²) in [7, 11) is 0. The molecule has 0 unspecified atom stereocenters. The van der Waals surface area contributed by atoms with Gasteiger partial charge in [-0.05, 0) is 25.1 Å². The first-order valence-corrected chi connectivity index (χ1v) is 8.29. The lowest BCUT2D eigenvalue weighted by Crippen LogP contribution is -2.49. The highest BCUT2D eigenvalue weighted by Crippen LogP contribution is 2.20. The molecule has 0 aliphatic carbocycles. The smallest absolute Gasteiger partial charge is 0.273 e. The van der Waals surface area contributed by atoms with Gasteiger partial charge >= 0.3 is 0 Å². The van der Waals surface area contributed by atoms with Crippen molar-refractivity contribution in [3.8, 4) is 0 Å². The number of ketones is 1. The molecule has 136 valence electrons. The Labute approximate surface area is 150 Å². The topological polar surface area (TPSA) is 96.9 Å². The van der Waals surface area contributed by atoms with E-state index in [1.54, 1.807) is 36.1 Å². The quantitative estimate of drug-likeness (QED) is 0.462. The van der Waals surface area contributed by atoms with Gasteiger partial charge in [0.05, 0.1) is 17.7 Å². The summed E-state index contributed by atoms with van der Waals surface area (Å²) in [5, 5.41) is 11.1. The Bertz CT molecular complexity index is 823. The average Bonchev–Trinajstić information content (AvgIpc) is 3.17. The van der Waals surface area contributed by atoms with Crippen LogP contribution < -0.4 is 0 Å². The monoisotopic (exact) mass is 357 g/mol. The molecule has 3 rings (SSSR count). The summed E-state index contributed by atoms with van der Waals surface area (Å²) < 4.78 is 5.10. The number of benzene rings is 1. The molecule has 2 heterocycles. The van der Waals surface area contributed by atoms with E-state index in [-0.39, 0.29) is 23.9 Å². The Balaban J connectivity index is 1.59. The highest BCUT2D eigenvalue weighted by atomic mass is 16.6. The molecule has 8 nitrogen and oxygen atoms in total. The summed E-state index contributed by atoms with van der Waals surface area (Å²) in [6, 6.07) is 7.82. The van der Waals surface area contributed by atoms with Crippen molar-refractivity contribution in [2.75, 3.05) is 32.7 Å². The molecule has 8 heteroatoms. The van der Waals surface area contributed by atoms with Crippen molar-refractivity contribution in [1.29, 1.82) is 0 Å². The molecule has 1 aromatic carbocycles. The first kappa shape index (κ1) is 17.8. The van der Waals surface area contributed by atoms with Gasteiger partial charge in [0.2, 0.25) is 5.78 Å². The SMILES string of the molecule is Cc1ccc(C(=O)N2CCN(CC(=O)c3ccco3)CC2)cc1[N+](=O)[O-]. The summed E-state index contributed by atoms with van der Waals surface area (Å²) >= 11 is 0. The van der Waals surface area contributed by atoms with E-state index >= 15 is 0 Å². The number of carbonyl (C=O) groups excluding carboxylic acids is 2. The second-order valence-electron chi connectivity index (χ2n) is 6.23. The predicted molar refractivity (Wildman–Crippen MR) is 93.2 cm³/mol. The maximum Gasteiger partial charge on any atom is 0.273 e. The molecular formula is C18H19N3O5. The maximum absolute atomic E-state index is 12.6. The molecule has 1 amide bonds. The summed E-state index contributed by atoms with van der Waals surface area (Å²) in [5.74, 6) is 0.00418. The number of amides is 1. The standard InChI is InChI=1S/C18H19N3O5/c1-13-4-5-14(11-15(13)21(24)25)18(23)20-8-6-19(7-9-20)12-16(22)17-3-2-10-26-17/h2-5,10-11H,6-9,12H2,1H3. The van der Waals surface area contributed by atoms with E-state index < -0.39 is 4.92 Å². The van der Waals surface area contributed by atoms with Crippen molar-refractivity contribution in [1.82, 2.24) is 9.80 Å². The Morgan fingerprint density at radius 1 is 1.19 bits per heavy atom. The van der Waals surface area contributed by atoms with Crippen LogP contribution >= 0.6 is 0 Å². The fourth-order valence-corrected chi connectivity index (χ4v) is 2.95. The van der Waals surface area contributed by atoms with Crippen molar-refractivity contribution in [3.05, 3.63) is 63.6 Å². The van der Waals surface area contributed by atoms with Crippen LogP contribution in [0.3, 0.4) is 0 Å². The number of Topliss-reactive ketones (excluding diaryl/α,β-unsaturated/α-hetero) is 1. The number of nitro benzene ring substituents is 1. The molecule has 0 radical (unpaired) electrons. The fraction of sp³-hybridized carbons (Fsp3) is 0.333. The minimum atomic E-state index is -0.482. The molecule has 1 fully saturated rings. The molecule has 1 saturated heterocycles. The molecule has 0 atom stereocenters. The third kappa shape index (κ3) is 3.80. The van der Waals surface area contributed by atoms with Crippen LogP contribution in [0.1, 0.15) is 26.5 Å². The molecule has 0 spiro atoms. The van der Waals surface area contributed by atoms with Gasteiger partial charge in [-0.3, -0.25) is 24.6 Å². The van der Waals surface area contributed by atoms with Crippen molar-refractivity contribution in [2.45, 2.75) is 6.92 Å². The van der Waals surface area contributed by atoms with E-state index in [4.69, 9.17) is 4.42 Å². The Morgan fingerprint density at radius 2 is 1.92 bits per heavy atom. The van der Waals surface area contributed by atoms with E-state index in [0.29, 0.717) is 43.1 Å². The van der Waals surface area contributed by atoms with Crippen LogP contribution in [0.15, 0.2) is 41.0 Å². The molecule has 0 saturated carbocycles. The normalized spacial score (nSPS) is 15.0. The van der Waals surface area contributed by atoms with E-state index in [9.17, 15) is 19.7 Å². The van der Waals surface area contributed by atoms with Gasteiger partial charge in [0, 0.05) is 43.4 Å². The highest BCUT2D eigenvalue weighted by molar-refractivity contribution is 5.96. The summed E-state index contributed by atoms with van der Waals surface area (Å²) in [6.45, 7) is 3.93. The van der Waals surface area contributed by atoms with Gasteiger partial charge in [0.1, 0.15) is 0 Å². The number of carbonyl (C=O) groups is 2. The Morgan fingerprint density at radius 3 is 2.54 bits per heavy atom. The third-order valence-corrected chi connectivity index (χ3v) is 4.48. The number of furan rings is 1. The number of piperazine rings is 1. The van der Waals surface area contributed by atoms with Crippen LogP contribution in [-0.2, 0) is 0 Å². The number of hydrogen-bond donors (Lipinski definition) is 0. The number of aryl methyl sites for hydroxylation is 1. The molecular weight excluding hydrogens is 338 g/mol. The summed E-state index contributed by atoms with van der Waals surface area (Å²) in [4.78, 5) is 38.9. The van der Waals surface area contributed by atoms with Crippen molar-refractivity contribution >= 4 is 17.4 Å². The number of rotatable bonds is 5. The second-order valence-corrected chi connectivity index (χ2v) is 6.23. The second kappa shape index (κ2) is 7.49. The molecule has 1 aliphatic rings. The van der Waals surface area contributed by atoms with E-state index in [2.05, 4.69) is 0 Å². The van der Waals surface area contributed by atoms with Gasteiger partial charge in [-0.1, -0.05) is 6.07 Å². The molecule has 26 heavy (non-hydrogen) atoms. The average molecular weight is 357 g/mol. The first-order chi connectivity index (χ1) is 12.5. The van der Waals surface area contributed by atoms with Crippen LogP contribution in [0.4, 0.5) is 5.69 Å². The number of nitro groups is 1. The van der Waals surface area contributed by atoms with Crippen LogP contribution in [0, 0.1) is 17.0 Å². The van der Waals surface area contributed by atoms with Gasteiger partial charge in [-0.15, -0.1) is 0 Å². The van der Waals surface area contributed by atoms with Gasteiger partial charge in [-0.2, -0.15) is 0 Å². The minimum Gasteiger partial charge on any atom is -0.461 e. The summed E-state index contributed by atoms with van der Waals surface area (Å²) in [6.07, 6.45) is 1.46. The van der Waals surface area contributed by atoms with Gasteiger partial charge in [0.25, 0.3) is 11.6 Å². The molecule has 0 bridgehead atoms. The Kier molecular flexibility index (Phi) is 5.13. The first-order valence-electron chi connectivity index (χ1n) is 8.29. The molecule has 2 aromatic rings. The zero-order valence-corrected chi connectivity index (χ0v) is 14.4. The van der Waals surface area contributed by atoms with E-state index in [1.807, 2.05) is 4.90 Å². The third-order valence-electron chi connectivity index (χ3n) is 4.48. The number of nitrogens with zero attached hydrogens (tertiary/aromatic N) is 3. The fourth-order valence-electron chi connectivity index (χ4n) is 2.95. The molecule has 1 aliphatic heterocycles. The van der Waals surface area contributed by atoms with Gasteiger partial charge in [-0.25, -0.2) is 0 Å². The lowest BCUT2D eigenvalue weighted by atomic mass is 10.1. The Hall–Kier alpha value is -3.00. The minimum absolute atomic E-state index is 0.0569. The van der Waals surface area contributed by atoms with Gasteiger partial charge < -0.3 is 9.32 Å². The lowest BCUT2D eigenvalue weighted by molar-refractivity contribution is -0.385. The zero-order valence-electron chi connectivity index (χ0n) is 14.4. The molecule has 1 aromatic heterocycles. The van der Waals surface area contributed by atoms with Crippen molar-refractivity contribution in [3.63, 3.8) is 0 Å². The van der Waals surface area contributed by atoms with E-state index in [0.717, 1.165) is 0 Å². The zero-order chi connectivity index (χ0) is 18.7. The van der Waals surface area contributed by atoms with Crippen LogP contribution in [0.25, 0.3) is 0 Å². The highest BCUT2D eigenvalue weighted by Gasteiger charge is 2.25. The van der Waals surface area contributed by atoms with Crippen molar-refractivity contribution < 1.29 is 18.9 Å².